The highest BCUT2D eigenvalue weighted by Crippen LogP contribution is 2.10. The van der Waals surface area contributed by atoms with Gasteiger partial charge in [-0.25, -0.2) is 4.79 Å². The van der Waals surface area contributed by atoms with Crippen LogP contribution in [0, 0.1) is 11.3 Å². The molecule has 0 unspecified atom stereocenters. The van der Waals surface area contributed by atoms with Crippen LogP contribution < -0.4 is 11.2 Å². The average molecular weight is 293 g/mol. The lowest BCUT2D eigenvalue weighted by Gasteiger charge is -2.08. The van der Waals surface area contributed by atoms with Crippen molar-refractivity contribution in [1.29, 1.82) is 5.26 Å². The van der Waals surface area contributed by atoms with Gasteiger partial charge in [-0.05, 0) is 23.8 Å². The molecule has 0 radical (unpaired) electrons. The maximum atomic E-state index is 11.9. The van der Waals surface area contributed by atoms with Crippen molar-refractivity contribution < 1.29 is 0 Å². The SMILES string of the molecule is N#Cc1cn(-c2cccc(Cn3cccn3)c2)c(=O)[nH]c1=O. The number of nitriles is 1. The molecule has 22 heavy (non-hydrogen) atoms. The van der Waals surface area contributed by atoms with Crippen LogP contribution in [-0.2, 0) is 6.54 Å². The quantitative estimate of drug-likeness (QED) is 0.766. The third-order valence-corrected chi connectivity index (χ3v) is 3.16. The van der Waals surface area contributed by atoms with E-state index in [-0.39, 0.29) is 5.56 Å². The number of hydrogen-bond donors (Lipinski definition) is 1. The second-order valence-corrected chi connectivity index (χ2v) is 4.66. The van der Waals surface area contributed by atoms with E-state index in [9.17, 15) is 9.59 Å². The standard InChI is InChI=1S/C15H11N5O2/c16-8-12-10-20(15(22)18-14(12)21)13-4-1-3-11(7-13)9-19-6-2-5-17-19/h1-7,10H,9H2,(H,18,21,22). The van der Waals surface area contributed by atoms with Crippen LogP contribution in [0.4, 0.5) is 0 Å². The minimum Gasteiger partial charge on any atom is -0.273 e. The molecule has 1 aromatic carbocycles. The Bertz CT molecular complexity index is 961. The van der Waals surface area contributed by atoms with E-state index in [1.807, 2.05) is 24.4 Å². The summed E-state index contributed by atoms with van der Waals surface area (Å²) in [7, 11) is 0. The summed E-state index contributed by atoms with van der Waals surface area (Å²) in [6.45, 7) is 0.560. The Labute approximate surface area is 124 Å². The van der Waals surface area contributed by atoms with E-state index in [2.05, 4.69) is 10.1 Å². The molecule has 3 rings (SSSR count). The van der Waals surface area contributed by atoms with Gasteiger partial charge in [0.05, 0.1) is 12.2 Å². The highest BCUT2D eigenvalue weighted by atomic mass is 16.2. The van der Waals surface area contributed by atoms with E-state index in [0.717, 1.165) is 5.56 Å². The van der Waals surface area contributed by atoms with Crippen molar-refractivity contribution in [2.45, 2.75) is 6.54 Å². The maximum absolute atomic E-state index is 11.9. The molecule has 0 saturated heterocycles. The summed E-state index contributed by atoms with van der Waals surface area (Å²) in [5.74, 6) is 0. The number of aromatic nitrogens is 4. The molecule has 0 aliphatic rings. The number of rotatable bonds is 3. The van der Waals surface area contributed by atoms with Crippen LogP contribution >= 0.6 is 0 Å². The molecule has 0 amide bonds. The fourth-order valence-electron chi connectivity index (χ4n) is 2.13. The van der Waals surface area contributed by atoms with Gasteiger partial charge in [-0.1, -0.05) is 12.1 Å². The molecule has 2 aromatic heterocycles. The molecule has 2 heterocycles. The smallest absolute Gasteiger partial charge is 0.273 e. The van der Waals surface area contributed by atoms with Crippen molar-refractivity contribution in [2.24, 2.45) is 0 Å². The number of nitrogens with zero attached hydrogens (tertiary/aromatic N) is 4. The predicted molar refractivity (Wildman–Crippen MR) is 78.7 cm³/mol. The molecule has 0 saturated carbocycles. The monoisotopic (exact) mass is 293 g/mol. The lowest BCUT2D eigenvalue weighted by atomic mass is 10.2. The summed E-state index contributed by atoms with van der Waals surface area (Å²) >= 11 is 0. The molecule has 0 aliphatic heterocycles. The fraction of sp³-hybridized carbons (Fsp3) is 0.0667. The summed E-state index contributed by atoms with van der Waals surface area (Å²) in [6.07, 6.45) is 4.77. The molecule has 3 aromatic rings. The van der Waals surface area contributed by atoms with Crippen LogP contribution in [0.1, 0.15) is 11.1 Å². The van der Waals surface area contributed by atoms with Gasteiger partial charge in [0.1, 0.15) is 11.6 Å². The minimum absolute atomic E-state index is 0.114. The predicted octanol–water partition coefficient (Wildman–Crippen LogP) is 0.642. The van der Waals surface area contributed by atoms with Gasteiger partial charge in [0.2, 0.25) is 0 Å². The van der Waals surface area contributed by atoms with Gasteiger partial charge >= 0.3 is 5.69 Å². The van der Waals surface area contributed by atoms with Crippen molar-refractivity contribution in [3.63, 3.8) is 0 Å². The molecule has 0 atom stereocenters. The van der Waals surface area contributed by atoms with Crippen LogP contribution in [0.25, 0.3) is 5.69 Å². The normalized spacial score (nSPS) is 10.3. The first-order valence-electron chi connectivity index (χ1n) is 6.50. The van der Waals surface area contributed by atoms with Gasteiger partial charge in [-0.3, -0.25) is 19.0 Å². The van der Waals surface area contributed by atoms with Gasteiger partial charge in [-0.2, -0.15) is 10.4 Å². The fourth-order valence-corrected chi connectivity index (χ4v) is 2.13. The number of nitrogens with one attached hydrogen (secondary N) is 1. The first-order chi connectivity index (χ1) is 10.7. The lowest BCUT2D eigenvalue weighted by Crippen LogP contribution is -2.30. The van der Waals surface area contributed by atoms with E-state index in [1.165, 1.54) is 10.8 Å². The topological polar surface area (TPSA) is 96.5 Å². The minimum atomic E-state index is -0.684. The number of benzene rings is 1. The zero-order valence-electron chi connectivity index (χ0n) is 11.4. The van der Waals surface area contributed by atoms with Crippen molar-refractivity contribution in [3.05, 3.63) is 80.9 Å². The highest BCUT2D eigenvalue weighted by Gasteiger charge is 2.06. The van der Waals surface area contributed by atoms with Crippen molar-refractivity contribution in [3.8, 4) is 11.8 Å². The van der Waals surface area contributed by atoms with Crippen LogP contribution in [0.5, 0.6) is 0 Å². The van der Waals surface area contributed by atoms with Crippen molar-refractivity contribution in [1.82, 2.24) is 19.3 Å². The second-order valence-electron chi connectivity index (χ2n) is 4.66. The molecule has 0 aliphatic carbocycles. The Morgan fingerprint density at radius 2 is 2.14 bits per heavy atom. The average Bonchev–Trinajstić information content (AvgIpc) is 3.00. The van der Waals surface area contributed by atoms with Crippen LogP contribution in [-0.4, -0.2) is 19.3 Å². The summed E-state index contributed by atoms with van der Waals surface area (Å²) in [5, 5.41) is 13.0. The first kappa shape index (κ1) is 13.6. The van der Waals surface area contributed by atoms with Gasteiger partial charge in [0.15, 0.2) is 0 Å². The zero-order valence-corrected chi connectivity index (χ0v) is 11.4. The van der Waals surface area contributed by atoms with Gasteiger partial charge in [0.25, 0.3) is 5.56 Å². The molecule has 108 valence electrons. The Morgan fingerprint density at radius 1 is 1.27 bits per heavy atom. The Hall–Kier alpha value is -3.40. The summed E-state index contributed by atoms with van der Waals surface area (Å²) in [5.41, 5.74) is 0.133. The van der Waals surface area contributed by atoms with Gasteiger partial charge in [-0.15, -0.1) is 0 Å². The summed E-state index contributed by atoms with van der Waals surface area (Å²) in [6, 6.07) is 10.8. The van der Waals surface area contributed by atoms with Crippen molar-refractivity contribution in [2.75, 3.05) is 0 Å². The van der Waals surface area contributed by atoms with E-state index >= 15 is 0 Å². The molecule has 0 bridgehead atoms. The van der Waals surface area contributed by atoms with Gasteiger partial charge in [0, 0.05) is 18.6 Å². The maximum Gasteiger partial charge on any atom is 0.332 e. The Kier molecular flexibility index (Phi) is 3.42. The zero-order chi connectivity index (χ0) is 15.5. The largest absolute Gasteiger partial charge is 0.332 e. The third-order valence-electron chi connectivity index (χ3n) is 3.16. The Balaban J connectivity index is 2.04. The van der Waals surface area contributed by atoms with Gasteiger partial charge < -0.3 is 0 Å². The molecule has 7 heteroatoms. The molecule has 1 N–H and O–H groups in total. The lowest BCUT2D eigenvalue weighted by molar-refractivity contribution is 0.686. The third kappa shape index (κ3) is 2.58. The summed E-state index contributed by atoms with van der Waals surface area (Å²) < 4.78 is 3.00. The molecule has 0 spiro atoms. The molecular formula is C15H11N5O2. The number of hydrogen-bond acceptors (Lipinski definition) is 4. The van der Waals surface area contributed by atoms with E-state index < -0.39 is 11.2 Å². The van der Waals surface area contributed by atoms with Crippen LogP contribution in [0.15, 0.2) is 58.5 Å². The highest BCUT2D eigenvalue weighted by molar-refractivity contribution is 5.37. The van der Waals surface area contributed by atoms with Crippen LogP contribution in [0.2, 0.25) is 0 Å². The number of aromatic amines is 1. The summed E-state index contributed by atoms with van der Waals surface area (Å²) in [4.78, 5) is 25.5. The van der Waals surface area contributed by atoms with E-state index in [4.69, 9.17) is 5.26 Å². The van der Waals surface area contributed by atoms with E-state index in [1.54, 1.807) is 29.1 Å². The van der Waals surface area contributed by atoms with E-state index in [0.29, 0.717) is 12.2 Å². The Morgan fingerprint density at radius 3 is 2.86 bits per heavy atom. The molecular weight excluding hydrogens is 282 g/mol. The number of H-pyrrole nitrogens is 1. The molecule has 7 nitrogen and oxygen atoms in total. The first-order valence-corrected chi connectivity index (χ1v) is 6.50. The molecule has 0 fully saturated rings. The second kappa shape index (κ2) is 5.54. The van der Waals surface area contributed by atoms with Crippen molar-refractivity contribution >= 4 is 0 Å². The van der Waals surface area contributed by atoms with Crippen LogP contribution in [0.3, 0.4) is 0 Å².